The Morgan fingerprint density at radius 1 is 1.24 bits per heavy atom. The first-order chi connectivity index (χ1) is 12.0. The van der Waals surface area contributed by atoms with Gasteiger partial charge in [0.15, 0.2) is 0 Å². The number of amides is 1. The summed E-state index contributed by atoms with van der Waals surface area (Å²) in [6.07, 6.45) is 6.47. The summed E-state index contributed by atoms with van der Waals surface area (Å²) in [7, 11) is 1.93. The number of aromatic nitrogens is 2. The summed E-state index contributed by atoms with van der Waals surface area (Å²) in [6, 6.07) is 7.72. The first kappa shape index (κ1) is 17.6. The van der Waals surface area contributed by atoms with E-state index < -0.39 is 0 Å². The van der Waals surface area contributed by atoms with Crippen LogP contribution in [0.1, 0.15) is 51.3 Å². The smallest absolute Gasteiger partial charge is 0.258 e. The summed E-state index contributed by atoms with van der Waals surface area (Å²) < 4.78 is 0. The van der Waals surface area contributed by atoms with Crippen molar-refractivity contribution in [2.45, 2.75) is 57.9 Å². The van der Waals surface area contributed by atoms with Crippen LogP contribution in [0.3, 0.4) is 0 Å². The maximum absolute atomic E-state index is 12.4. The number of nitrogens with zero attached hydrogens (tertiary/aromatic N) is 2. The number of fused-ring (bicyclic) bond motifs is 1. The van der Waals surface area contributed by atoms with E-state index in [0.29, 0.717) is 42.0 Å². The summed E-state index contributed by atoms with van der Waals surface area (Å²) >= 11 is 0. The Kier molecular flexibility index (Phi) is 5.51. The van der Waals surface area contributed by atoms with Crippen LogP contribution in [0.15, 0.2) is 29.1 Å². The van der Waals surface area contributed by atoms with E-state index >= 15 is 0 Å². The highest BCUT2D eigenvalue weighted by molar-refractivity contribution is 5.77. The molecule has 1 saturated carbocycles. The molecule has 1 heterocycles. The zero-order valence-electron chi connectivity index (χ0n) is 15.1. The Hall–Kier alpha value is -2.17. The second-order valence-corrected chi connectivity index (χ2v) is 7.30. The Bertz CT molecular complexity index is 791. The summed E-state index contributed by atoms with van der Waals surface area (Å²) in [4.78, 5) is 33.8. The third kappa shape index (κ3) is 4.27. The molecule has 1 amide bonds. The second kappa shape index (κ2) is 7.81. The average molecular weight is 341 g/mol. The number of rotatable bonds is 5. The molecule has 134 valence electrons. The molecule has 3 rings (SSSR count). The van der Waals surface area contributed by atoms with Gasteiger partial charge in [0.05, 0.1) is 10.9 Å². The maximum atomic E-state index is 12.4. The van der Waals surface area contributed by atoms with Gasteiger partial charge in [-0.15, -0.1) is 0 Å². The molecule has 1 aromatic carbocycles. The number of nitrogens with one attached hydrogen (secondary N) is 1. The van der Waals surface area contributed by atoms with Crippen molar-refractivity contribution in [2.75, 3.05) is 7.05 Å². The first-order valence-corrected chi connectivity index (χ1v) is 9.28. The number of carbonyl (C=O) groups excluding carboxylic acids is 1. The predicted octanol–water partition coefficient (Wildman–Crippen LogP) is 3.28. The maximum Gasteiger partial charge on any atom is 0.258 e. The van der Waals surface area contributed by atoms with Crippen molar-refractivity contribution >= 4 is 16.8 Å². The van der Waals surface area contributed by atoms with E-state index in [-0.39, 0.29) is 11.5 Å². The van der Waals surface area contributed by atoms with Gasteiger partial charge < -0.3 is 9.88 Å². The summed E-state index contributed by atoms with van der Waals surface area (Å²) in [5.41, 5.74) is 0.599. The minimum Gasteiger partial charge on any atom is -0.343 e. The second-order valence-electron chi connectivity index (χ2n) is 7.30. The quantitative estimate of drug-likeness (QED) is 0.907. The zero-order chi connectivity index (χ0) is 17.8. The van der Waals surface area contributed by atoms with Gasteiger partial charge in [0.2, 0.25) is 5.91 Å². The van der Waals surface area contributed by atoms with Gasteiger partial charge in [0.1, 0.15) is 5.82 Å². The Balaban J connectivity index is 1.54. The molecule has 2 aromatic rings. The van der Waals surface area contributed by atoms with Crippen LogP contribution < -0.4 is 5.56 Å². The van der Waals surface area contributed by atoms with Gasteiger partial charge in [-0.25, -0.2) is 4.98 Å². The highest BCUT2D eigenvalue weighted by atomic mass is 16.2. The van der Waals surface area contributed by atoms with Crippen LogP contribution in [0.25, 0.3) is 10.9 Å². The minimum atomic E-state index is -0.111. The molecule has 1 fully saturated rings. The Morgan fingerprint density at radius 3 is 2.72 bits per heavy atom. The number of aryl methyl sites for hydroxylation is 1. The van der Waals surface area contributed by atoms with Crippen molar-refractivity contribution in [3.8, 4) is 0 Å². The van der Waals surface area contributed by atoms with Gasteiger partial charge in [-0.1, -0.05) is 19.1 Å². The molecule has 0 aliphatic heterocycles. The lowest BCUT2D eigenvalue weighted by Gasteiger charge is -2.33. The molecule has 0 atom stereocenters. The van der Waals surface area contributed by atoms with Crippen LogP contribution in [-0.2, 0) is 11.2 Å². The van der Waals surface area contributed by atoms with Crippen molar-refractivity contribution in [2.24, 2.45) is 5.92 Å². The third-order valence-corrected chi connectivity index (χ3v) is 5.39. The lowest BCUT2D eigenvalue weighted by atomic mass is 9.86. The molecule has 5 nitrogen and oxygen atoms in total. The third-order valence-electron chi connectivity index (χ3n) is 5.39. The number of H-pyrrole nitrogens is 1. The molecule has 0 bridgehead atoms. The monoisotopic (exact) mass is 341 g/mol. The molecular weight excluding hydrogens is 314 g/mol. The number of hydrogen-bond donors (Lipinski definition) is 1. The molecule has 1 aliphatic carbocycles. The zero-order valence-corrected chi connectivity index (χ0v) is 15.1. The lowest BCUT2D eigenvalue weighted by molar-refractivity contribution is -0.132. The molecule has 0 spiro atoms. The van der Waals surface area contributed by atoms with Crippen LogP contribution in [0.4, 0.5) is 0 Å². The lowest BCUT2D eigenvalue weighted by Crippen LogP contribution is -2.39. The normalized spacial score (nSPS) is 20.6. The average Bonchev–Trinajstić information content (AvgIpc) is 2.62. The molecule has 1 aliphatic rings. The summed E-state index contributed by atoms with van der Waals surface area (Å²) in [5, 5.41) is 0.605. The number of benzene rings is 1. The van der Waals surface area contributed by atoms with Gasteiger partial charge in [-0.2, -0.15) is 0 Å². The van der Waals surface area contributed by atoms with Crippen molar-refractivity contribution in [3.05, 3.63) is 40.4 Å². The predicted molar refractivity (Wildman–Crippen MR) is 99.5 cm³/mol. The van der Waals surface area contributed by atoms with E-state index in [1.165, 1.54) is 12.8 Å². The van der Waals surface area contributed by atoms with Gasteiger partial charge in [-0.3, -0.25) is 9.59 Å². The SMILES string of the molecule is CC1CCC(N(C)C(=O)CCCc2nc3ccccc3c(=O)[nH]2)CC1. The van der Waals surface area contributed by atoms with Crippen LogP contribution >= 0.6 is 0 Å². The minimum absolute atomic E-state index is 0.111. The van der Waals surface area contributed by atoms with Crippen LogP contribution in [0.2, 0.25) is 0 Å². The topological polar surface area (TPSA) is 66.1 Å². The Labute approximate surface area is 148 Å². The number of hydrogen-bond acceptors (Lipinski definition) is 3. The van der Waals surface area contributed by atoms with E-state index in [2.05, 4.69) is 16.9 Å². The number of aromatic amines is 1. The van der Waals surface area contributed by atoms with Crippen LogP contribution in [-0.4, -0.2) is 33.9 Å². The molecule has 0 saturated heterocycles. The molecule has 25 heavy (non-hydrogen) atoms. The van der Waals surface area contributed by atoms with Gasteiger partial charge >= 0.3 is 0 Å². The highest BCUT2D eigenvalue weighted by Gasteiger charge is 2.24. The fourth-order valence-electron chi connectivity index (χ4n) is 3.67. The molecule has 1 N–H and O–H groups in total. The molecular formula is C20H27N3O2. The van der Waals surface area contributed by atoms with E-state index in [4.69, 9.17) is 0 Å². The van der Waals surface area contributed by atoms with Gasteiger partial charge in [0, 0.05) is 25.9 Å². The fourth-order valence-corrected chi connectivity index (χ4v) is 3.67. The van der Waals surface area contributed by atoms with E-state index in [1.807, 2.05) is 30.1 Å². The van der Waals surface area contributed by atoms with Crippen molar-refractivity contribution in [1.29, 1.82) is 0 Å². The van der Waals surface area contributed by atoms with E-state index in [9.17, 15) is 9.59 Å². The van der Waals surface area contributed by atoms with E-state index in [0.717, 1.165) is 18.8 Å². The fraction of sp³-hybridized carbons (Fsp3) is 0.550. The molecule has 1 aromatic heterocycles. The van der Waals surface area contributed by atoms with Crippen molar-refractivity contribution in [1.82, 2.24) is 14.9 Å². The number of carbonyl (C=O) groups is 1. The van der Waals surface area contributed by atoms with Gasteiger partial charge in [0.25, 0.3) is 5.56 Å². The summed E-state index contributed by atoms with van der Waals surface area (Å²) in [6.45, 7) is 2.29. The van der Waals surface area contributed by atoms with E-state index in [1.54, 1.807) is 6.07 Å². The Morgan fingerprint density at radius 2 is 1.96 bits per heavy atom. The molecule has 5 heteroatoms. The van der Waals surface area contributed by atoms with Crippen LogP contribution in [0.5, 0.6) is 0 Å². The largest absolute Gasteiger partial charge is 0.343 e. The first-order valence-electron chi connectivity index (χ1n) is 9.28. The van der Waals surface area contributed by atoms with Crippen LogP contribution in [0, 0.1) is 5.92 Å². The highest BCUT2D eigenvalue weighted by Crippen LogP contribution is 2.26. The standard InChI is InChI=1S/C20H27N3O2/c1-14-10-12-15(13-11-14)23(2)19(24)9-5-8-18-21-17-7-4-3-6-16(17)20(25)22-18/h3-4,6-7,14-15H,5,8-13H2,1-2H3,(H,21,22,25). The van der Waals surface area contributed by atoms with Crippen molar-refractivity contribution < 1.29 is 4.79 Å². The summed E-state index contributed by atoms with van der Waals surface area (Å²) in [5.74, 6) is 1.64. The molecule has 0 radical (unpaired) electrons. The molecule has 0 unspecified atom stereocenters. The van der Waals surface area contributed by atoms with Gasteiger partial charge in [-0.05, 0) is 50.2 Å². The number of para-hydroxylation sites is 1. The van der Waals surface area contributed by atoms with Crippen molar-refractivity contribution in [3.63, 3.8) is 0 Å².